The van der Waals surface area contributed by atoms with E-state index in [1.54, 1.807) is 4.90 Å². The summed E-state index contributed by atoms with van der Waals surface area (Å²) in [5.74, 6) is -0.141. The highest BCUT2D eigenvalue weighted by Crippen LogP contribution is 2.26. The molecule has 3 aromatic rings. The van der Waals surface area contributed by atoms with Gasteiger partial charge in [0, 0.05) is 18.7 Å². The zero-order chi connectivity index (χ0) is 21.5. The first-order valence-corrected chi connectivity index (χ1v) is 10.5. The second-order valence-corrected chi connectivity index (χ2v) is 7.50. The molecule has 4 rings (SSSR count). The molecule has 31 heavy (non-hydrogen) atoms. The van der Waals surface area contributed by atoms with Crippen LogP contribution in [0.1, 0.15) is 23.1 Å². The van der Waals surface area contributed by atoms with Crippen molar-refractivity contribution in [1.29, 1.82) is 0 Å². The summed E-state index contributed by atoms with van der Waals surface area (Å²) in [7, 11) is 0. The second kappa shape index (κ2) is 9.94. The van der Waals surface area contributed by atoms with Crippen LogP contribution in [-0.2, 0) is 27.2 Å². The first-order valence-electron chi connectivity index (χ1n) is 10.5. The Morgan fingerprint density at radius 2 is 1.58 bits per heavy atom. The largest absolute Gasteiger partial charge is 0.482 e. The third-order valence-corrected chi connectivity index (χ3v) is 5.32. The summed E-state index contributed by atoms with van der Waals surface area (Å²) in [6.45, 7) is 0.106. The van der Waals surface area contributed by atoms with E-state index in [1.165, 1.54) is 0 Å². The van der Waals surface area contributed by atoms with E-state index in [0.29, 0.717) is 18.7 Å². The van der Waals surface area contributed by atoms with E-state index >= 15 is 0 Å². The van der Waals surface area contributed by atoms with Crippen LogP contribution >= 0.6 is 0 Å². The molecule has 0 saturated heterocycles. The summed E-state index contributed by atoms with van der Waals surface area (Å²) in [5, 5.41) is 0. The number of benzene rings is 3. The molecule has 0 saturated carbocycles. The van der Waals surface area contributed by atoms with E-state index < -0.39 is 5.97 Å². The predicted octanol–water partition coefficient (Wildman–Crippen LogP) is 4.18. The Morgan fingerprint density at radius 1 is 0.839 bits per heavy atom. The van der Waals surface area contributed by atoms with Gasteiger partial charge in [-0.2, -0.15) is 0 Å². The number of amides is 1. The van der Waals surface area contributed by atoms with E-state index in [9.17, 15) is 9.59 Å². The molecule has 0 atom stereocenters. The molecule has 0 aliphatic carbocycles. The Bertz CT molecular complexity index is 1050. The highest BCUT2D eigenvalue weighted by molar-refractivity contribution is 5.96. The van der Waals surface area contributed by atoms with Gasteiger partial charge in [-0.1, -0.05) is 66.7 Å². The molecule has 0 aromatic heterocycles. The fourth-order valence-electron chi connectivity index (χ4n) is 3.80. The highest BCUT2D eigenvalue weighted by atomic mass is 16.6. The summed E-state index contributed by atoms with van der Waals surface area (Å²) in [4.78, 5) is 26.5. The van der Waals surface area contributed by atoms with Gasteiger partial charge in [-0.15, -0.1) is 0 Å². The fraction of sp³-hybridized carbons (Fsp3) is 0.231. The van der Waals surface area contributed by atoms with Crippen molar-refractivity contribution in [2.75, 3.05) is 24.7 Å². The molecular weight excluding hydrogens is 390 g/mol. The van der Waals surface area contributed by atoms with Crippen molar-refractivity contribution in [3.8, 4) is 5.75 Å². The Morgan fingerprint density at radius 3 is 2.45 bits per heavy atom. The lowest BCUT2D eigenvalue weighted by atomic mass is 10.0. The van der Waals surface area contributed by atoms with Crippen molar-refractivity contribution < 1.29 is 19.1 Å². The number of ether oxygens (including phenoxy) is 2. The maximum Gasteiger partial charge on any atom is 0.344 e. The quantitative estimate of drug-likeness (QED) is 0.543. The topological polar surface area (TPSA) is 55.8 Å². The molecule has 0 bridgehead atoms. The first-order chi connectivity index (χ1) is 15.2. The lowest BCUT2D eigenvalue weighted by Gasteiger charge is -2.29. The van der Waals surface area contributed by atoms with E-state index in [4.69, 9.17) is 9.47 Å². The zero-order valence-electron chi connectivity index (χ0n) is 17.3. The molecule has 0 radical (unpaired) electrons. The highest BCUT2D eigenvalue weighted by Gasteiger charge is 2.23. The molecule has 0 fully saturated rings. The van der Waals surface area contributed by atoms with Crippen LogP contribution in [0, 0.1) is 0 Å². The van der Waals surface area contributed by atoms with Crippen LogP contribution in [-0.4, -0.2) is 31.6 Å². The van der Waals surface area contributed by atoms with Crippen molar-refractivity contribution in [3.63, 3.8) is 0 Å². The van der Waals surface area contributed by atoms with Crippen LogP contribution in [0.25, 0.3) is 0 Å². The Hall–Kier alpha value is -3.60. The van der Waals surface area contributed by atoms with Gasteiger partial charge in [0.05, 0.1) is 0 Å². The summed E-state index contributed by atoms with van der Waals surface area (Å²) in [6.07, 6.45) is 2.56. The van der Waals surface area contributed by atoms with Crippen LogP contribution in [0.2, 0.25) is 0 Å². The van der Waals surface area contributed by atoms with Crippen LogP contribution < -0.4 is 9.64 Å². The smallest absolute Gasteiger partial charge is 0.344 e. The van der Waals surface area contributed by atoms with Gasteiger partial charge in [-0.3, -0.25) is 4.79 Å². The number of carbonyl (C=O) groups is 2. The molecule has 1 amide bonds. The molecule has 0 unspecified atom stereocenters. The summed E-state index contributed by atoms with van der Waals surface area (Å²) in [5.41, 5.74) is 4.20. The van der Waals surface area contributed by atoms with Gasteiger partial charge in [0.2, 0.25) is 0 Å². The molecule has 1 heterocycles. The summed E-state index contributed by atoms with van der Waals surface area (Å²) < 4.78 is 10.9. The van der Waals surface area contributed by atoms with Crippen LogP contribution in [0.4, 0.5) is 5.69 Å². The Balaban J connectivity index is 1.30. The Kier molecular flexibility index (Phi) is 6.62. The minimum Gasteiger partial charge on any atom is -0.482 e. The maximum atomic E-state index is 12.6. The molecular formula is C26H25NO4. The number of hydrogen-bond acceptors (Lipinski definition) is 4. The van der Waals surface area contributed by atoms with Crippen LogP contribution in [0.3, 0.4) is 0 Å². The SMILES string of the molecule is O=C(COc1ccccc1Cc1ccccc1)OCC(=O)N1CCCc2ccccc21. The molecule has 158 valence electrons. The second-order valence-electron chi connectivity index (χ2n) is 7.50. The number of para-hydroxylation sites is 2. The van der Waals surface area contributed by atoms with Gasteiger partial charge in [0.15, 0.2) is 13.2 Å². The number of rotatable bonds is 7. The van der Waals surface area contributed by atoms with Crippen molar-refractivity contribution in [2.45, 2.75) is 19.3 Å². The lowest BCUT2D eigenvalue weighted by molar-refractivity contribution is -0.149. The van der Waals surface area contributed by atoms with E-state index in [2.05, 4.69) is 12.1 Å². The average molecular weight is 415 g/mol. The van der Waals surface area contributed by atoms with E-state index in [1.807, 2.05) is 66.7 Å². The third kappa shape index (κ3) is 5.31. The normalized spacial score (nSPS) is 12.7. The number of hydrogen-bond donors (Lipinski definition) is 0. The van der Waals surface area contributed by atoms with Gasteiger partial charge in [-0.25, -0.2) is 4.79 Å². The summed E-state index contributed by atoms with van der Waals surface area (Å²) in [6, 6.07) is 25.5. The van der Waals surface area contributed by atoms with Crippen molar-refractivity contribution in [1.82, 2.24) is 0 Å². The number of esters is 1. The molecule has 0 N–H and O–H groups in total. The van der Waals surface area contributed by atoms with Gasteiger partial charge < -0.3 is 14.4 Å². The van der Waals surface area contributed by atoms with E-state index in [-0.39, 0.29) is 19.1 Å². The number of anilines is 1. The number of fused-ring (bicyclic) bond motifs is 1. The first kappa shape index (κ1) is 20.7. The van der Waals surface area contributed by atoms with Crippen molar-refractivity contribution in [2.24, 2.45) is 0 Å². The number of carbonyl (C=O) groups excluding carboxylic acids is 2. The standard InChI is InChI=1S/C26H25NO4/c28-25(27-16-8-13-21-11-4-6-14-23(21)27)18-31-26(29)19-30-24-15-7-5-12-22(24)17-20-9-2-1-3-10-20/h1-7,9-12,14-15H,8,13,16-19H2. The molecule has 3 aromatic carbocycles. The molecule has 0 spiro atoms. The van der Waals surface area contributed by atoms with Crippen molar-refractivity contribution in [3.05, 3.63) is 95.6 Å². The molecule has 1 aliphatic rings. The summed E-state index contributed by atoms with van der Waals surface area (Å²) >= 11 is 0. The van der Waals surface area contributed by atoms with E-state index in [0.717, 1.165) is 35.2 Å². The van der Waals surface area contributed by atoms with Crippen LogP contribution in [0.5, 0.6) is 5.75 Å². The fourth-order valence-corrected chi connectivity index (χ4v) is 3.80. The number of nitrogens with zero attached hydrogens (tertiary/aromatic N) is 1. The third-order valence-electron chi connectivity index (χ3n) is 5.32. The van der Waals surface area contributed by atoms with Gasteiger partial charge in [0.25, 0.3) is 5.91 Å². The lowest BCUT2D eigenvalue weighted by Crippen LogP contribution is -2.38. The molecule has 5 nitrogen and oxygen atoms in total. The van der Waals surface area contributed by atoms with Crippen molar-refractivity contribution >= 4 is 17.6 Å². The minimum absolute atomic E-state index is 0.218. The maximum absolute atomic E-state index is 12.6. The van der Waals surface area contributed by atoms with Crippen LogP contribution in [0.15, 0.2) is 78.9 Å². The molecule has 5 heteroatoms. The molecule has 1 aliphatic heterocycles. The average Bonchev–Trinajstić information content (AvgIpc) is 2.82. The van der Waals surface area contributed by atoms with Gasteiger partial charge in [0.1, 0.15) is 5.75 Å². The number of aryl methyl sites for hydroxylation is 1. The minimum atomic E-state index is -0.562. The van der Waals surface area contributed by atoms with Gasteiger partial charge >= 0.3 is 5.97 Å². The van der Waals surface area contributed by atoms with Gasteiger partial charge in [-0.05, 0) is 41.7 Å². The predicted molar refractivity (Wildman–Crippen MR) is 119 cm³/mol. The Labute approximate surface area is 182 Å². The zero-order valence-corrected chi connectivity index (χ0v) is 17.3. The monoisotopic (exact) mass is 415 g/mol.